The van der Waals surface area contributed by atoms with Crippen LogP contribution in [-0.4, -0.2) is 29.1 Å². The minimum atomic E-state index is 0.0285. The van der Waals surface area contributed by atoms with Crippen LogP contribution in [0.2, 0.25) is 0 Å². The van der Waals surface area contributed by atoms with E-state index in [0.29, 0.717) is 17.3 Å². The summed E-state index contributed by atoms with van der Waals surface area (Å²) in [6, 6.07) is 0.810. The van der Waals surface area contributed by atoms with Crippen LogP contribution in [0.4, 0.5) is 4.79 Å². The van der Waals surface area contributed by atoms with E-state index in [1.54, 1.807) is 0 Å². The maximum atomic E-state index is 11.1. The molecule has 0 radical (unpaired) electrons. The second-order valence-corrected chi connectivity index (χ2v) is 5.39. The minimum absolute atomic E-state index is 0.0285. The lowest BCUT2D eigenvalue weighted by Crippen LogP contribution is -2.36. The van der Waals surface area contributed by atoms with E-state index in [4.69, 9.17) is 0 Å². The number of carbonyl (C=O) groups excluding carboxylic acids is 1. The topological polar surface area (TPSA) is 41.1 Å². The number of amides is 2. The van der Waals surface area contributed by atoms with Crippen molar-refractivity contribution in [3.05, 3.63) is 0 Å². The molecule has 1 unspecified atom stereocenters. The lowest BCUT2D eigenvalue weighted by Gasteiger charge is -2.16. The molecule has 2 aliphatic heterocycles. The van der Waals surface area contributed by atoms with E-state index >= 15 is 0 Å². The summed E-state index contributed by atoms with van der Waals surface area (Å²) in [5.41, 5.74) is 0. The number of urea groups is 1. The molecule has 0 aromatic carbocycles. The highest BCUT2D eigenvalue weighted by molar-refractivity contribution is 8.00. The van der Waals surface area contributed by atoms with Crippen LogP contribution < -0.4 is 10.6 Å². The zero-order valence-corrected chi connectivity index (χ0v) is 9.40. The summed E-state index contributed by atoms with van der Waals surface area (Å²) < 4.78 is 0. The van der Waals surface area contributed by atoms with Gasteiger partial charge in [-0.15, -0.1) is 0 Å². The third kappa shape index (κ3) is 2.00. The van der Waals surface area contributed by atoms with Gasteiger partial charge in [0, 0.05) is 11.0 Å². The van der Waals surface area contributed by atoms with Crippen LogP contribution in [0.1, 0.15) is 32.6 Å². The SMILES string of the molecule is CCCCCC1SC[C@@H]2NC(=O)N[C@H]12. The van der Waals surface area contributed by atoms with Crippen LogP contribution in [0.25, 0.3) is 0 Å². The van der Waals surface area contributed by atoms with Crippen molar-refractivity contribution in [2.75, 3.05) is 5.75 Å². The molecule has 2 amide bonds. The first-order valence-electron chi connectivity index (χ1n) is 5.50. The van der Waals surface area contributed by atoms with Crippen LogP contribution in [0.5, 0.6) is 0 Å². The molecule has 14 heavy (non-hydrogen) atoms. The standard InChI is InChI=1S/C10H18N2OS/c1-2-3-4-5-8-9-7(6-14-8)11-10(13)12-9/h7-9H,2-6H2,1H3,(H2,11,12,13)/t7-,8?,9-/m0/s1. The van der Waals surface area contributed by atoms with Crippen molar-refractivity contribution in [1.82, 2.24) is 10.6 Å². The summed E-state index contributed by atoms with van der Waals surface area (Å²) in [6.07, 6.45) is 5.14. The Hall–Kier alpha value is -0.380. The maximum absolute atomic E-state index is 11.1. The van der Waals surface area contributed by atoms with Crippen molar-refractivity contribution >= 4 is 17.8 Å². The Morgan fingerprint density at radius 2 is 2.29 bits per heavy atom. The van der Waals surface area contributed by atoms with Crippen molar-refractivity contribution in [3.8, 4) is 0 Å². The highest BCUT2D eigenvalue weighted by atomic mass is 32.2. The third-order valence-corrected chi connectivity index (χ3v) is 4.54. The molecule has 0 aromatic heterocycles. The van der Waals surface area contributed by atoms with Crippen molar-refractivity contribution in [1.29, 1.82) is 0 Å². The normalized spacial score (nSPS) is 35.2. The number of rotatable bonds is 4. The average molecular weight is 214 g/mol. The Balaban J connectivity index is 1.80. The van der Waals surface area contributed by atoms with E-state index < -0.39 is 0 Å². The van der Waals surface area contributed by atoms with E-state index in [-0.39, 0.29) is 6.03 Å². The van der Waals surface area contributed by atoms with Gasteiger partial charge in [0.15, 0.2) is 0 Å². The second kappa shape index (κ2) is 4.43. The summed E-state index contributed by atoms with van der Waals surface area (Å²) in [7, 11) is 0. The summed E-state index contributed by atoms with van der Waals surface area (Å²) in [4.78, 5) is 11.1. The van der Waals surface area contributed by atoms with Crippen LogP contribution in [0, 0.1) is 0 Å². The van der Waals surface area contributed by atoms with Gasteiger partial charge in [0.2, 0.25) is 0 Å². The van der Waals surface area contributed by atoms with Crippen LogP contribution >= 0.6 is 11.8 Å². The van der Waals surface area contributed by atoms with Crippen LogP contribution in [0.15, 0.2) is 0 Å². The van der Waals surface area contributed by atoms with E-state index in [1.165, 1.54) is 25.7 Å². The minimum Gasteiger partial charge on any atom is -0.332 e. The fourth-order valence-electron chi connectivity index (χ4n) is 2.24. The van der Waals surface area contributed by atoms with E-state index in [1.807, 2.05) is 11.8 Å². The lowest BCUT2D eigenvalue weighted by atomic mass is 10.0. The molecule has 2 rings (SSSR count). The van der Waals surface area contributed by atoms with Gasteiger partial charge in [-0.2, -0.15) is 11.8 Å². The van der Waals surface area contributed by atoms with Crippen LogP contribution in [-0.2, 0) is 0 Å². The molecule has 2 N–H and O–H groups in total. The molecule has 0 bridgehead atoms. The Labute approximate surface area is 89.4 Å². The predicted octanol–water partition coefficient (Wildman–Crippen LogP) is 1.73. The Kier molecular flexibility index (Phi) is 3.21. The van der Waals surface area contributed by atoms with Gasteiger partial charge >= 0.3 is 6.03 Å². The van der Waals surface area contributed by atoms with Crippen LogP contribution in [0.3, 0.4) is 0 Å². The molecule has 2 aliphatic rings. The number of unbranched alkanes of at least 4 members (excludes halogenated alkanes) is 2. The van der Waals surface area contributed by atoms with E-state index in [9.17, 15) is 4.79 Å². The molecule has 80 valence electrons. The Morgan fingerprint density at radius 3 is 3.07 bits per heavy atom. The number of carbonyl (C=O) groups is 1. The van der Waals surface area contributed by atoms with Gasteiger partial charge in [-0.25, -0.2) is 4.79 Å². The number of thioether (sulfide) groups is 1. The van der Waals surface area contributed by atoms with Gasteiger partial charge in [-0.1, -0.05) is 26.2 Å². The number of hydrogen-bond donors (Lipinski definition) is 2. The first-order valence-corrected chi connectivity index (χ1v) is 6.54. The Bertz CT molecular complexity index is 222. The van der Waals surface area contributed by atoms with Crippen molar-refractivity contribution < 1.29 is 4.79 Å². The fraction of sp³-hybridized carbons (Fsp3) is 0.900. The first-order chi connectivity index (χ1) is 6.81. The summed E-state index contributed by atoms with van der Waals surface area (Å²) in [5.74, 6) is 1.08. The summed E-state index contributed by atoms with van der Waals surface area (Å²) >= 11 is 2.01. The van der Waals surface area contributed by atoms with Gasteiger partial charge < -0.3 is 10.6 Å². The molecule has 3 atom stereocenters. The molecule has 2 heterocycles. The molecule has 0 aromatic rings. The molecule has 0 spiro atoms. The van der Waals surface area contributed by atoms with Gasteiger partial charge in [0.1, 0.15) is 0 Å². The maximum Gasteiger partial charge on any atom is 0.315 e. The van der Waals surface area contributed by atoms with Crippen molar-refractivity contribution in [2.24, 2.45) is 0 Å². The zero-order valence-electron chi connectivity index (χ0n) is 8.58. The zero-order chi connectivity index (χ0) is 9.97. The molecular weight excluding hydrogens is 196 g/mol. The van der Waals surface area contributed by atoms with Crippen molar-refractivity contribution in [2.45, 2.75) is 49.9 Å². The fourth-order valence-corrected chi connectivity index (χ4v) is 3.78. The van der Waals surface area contributed by atoms with Crippen molar-refractivity contribution in [3.63, 3.8) is 0 Å². The second-order valence-electron chi connectivity index (χ2n) is 4.12. The first kappa shape index (κ1) is 10.1. The quantitative estimate of drug-likeness (QED) is 0.553. The van der Waals surface area contributed by atoms with Gasteiger partial charge in [0.25, 0.3) is 0 Å². The van der Waals surface area contributed by atoms with Gasteiger partial charge in [-0.3, -0.25) is 0 Å². The molecule has 0 aliphatic carbocycles. The molecule has 2 saturated heterocycles. The molecule has 4 heteroatoms. The predicted molar refractivity (Wildman–Crippen MR) is 59.6 cm³/mol. The third-order valence-electron chi connectivity index (χ3n) is 3.03. The average Bonchev–Trinajstić information content (AvgIpc) is 2.66. The molecule has 3 nitrogen and oxygen atoms in total. The highest BCUT2D eigenvalue weighted by Gasteiger charge is 2.42. The Morgan fingerprint density at radius 1 is 1.43 bits per heavy atom. The molecule has 2 fully saturated rings. The molecule has 0 saturated carbocycles. The lowest BCUT2D eigenvalue weighted by molar-refractivity contribution is 0.247. The smallest absolute Gasteiger partial charge is 0.315 e. The monoisotopic (exact) mass is 214 g/mol. The summed E-state index contributed by atoms with van der Waals surface area (Å²) in [5, 5.41) is 6.63. The van der Waals surface area contributed by atoms with Gasteiger partial charge in [0.05, 0.1) is 12.1 Å². The highest BCUT2D eigenvalue weighted by Crippen LogP contribution is 2.33. The largest absolute Gasteiger partial charge is 0.332 e. The van der Waals surface area contributed by atoms with Gasteiger partial charge in [-0.05, 0) is 6.42 Å². The number of fused-ring (bicyclic) bond motifs is 1. The van der Waals surface area contributed by atoms with E-state index in [0.717, 1.165) is 5.75 Å². The molecular formula is C10H18N2OS. The summed E-state index contributed by atoms with van der Waals surface area (Å²) in [6.45, 7) is 2.23. The van der Waals surface area contributed by atoms with E-state index in [2.05, 4.69) is 17.6 Å². The number of nitrogens with one attached hydrogen (secondary N) is 2. The number of hydrogen-bond acceptors (Lipinski definition) is 2.